The lowest BCUT2D eigenvalue weighted by atomic mass is 10.1. The highest BCUT2D eigenvalue weighted by molar-refractivity contribution is 6.31. The van der Waals surface area contributed by atoms with Crippen molar-refractivity contribution in [2.45, 2.75) is 32.9 Å². The summed E-state index contributed by atoms with van der Waals surface area (Å²) in [5.41, 5.74) is 1.85. The molecular formula is C20H22ClNO4. The zero-order valence-corrected chi connectivity index (χ0v) is 15.8. The van der Waals surface area contributed by atoms with Crippen LogP contribution in [0.2, 0.25) is 5.02 Å². The Morgan fingerprint density at radius 3 is 2.58 bits per heavy atom. The van der Waals surface area contributed by atoms with E-state index in [1.54, 1.807) is 19.1 Å². The van der Waals surface area contributed by atoms with E-state index in [0.717, 1.165) is 16.9 Å². The summed E-state index contributed by atoms with van der Waals surface area (Å²) >= 11 is 6.01. The molecular weight excluding hydrogens is 354 g/mol. The van der Waals surface area contributed by atoms with Crippen molar-refractivity contribution in [3.8, 4) is 17.2 Å². The van der Waals surface area contributed by atoms with Crippen LogP contribution in [0.3, 0.4) is 0 Å². The summed E-state index contributed by atoms with van der Waals surface area (Å²) in [7, 11) is 0. The highest BCUT2D eigenvalue weighted by Crippen LogP contribution is 2.32. The molecule has 0 spiro atoms. The molecule has 5 nitrogen and oxygen atoms in total. The molecule has 0 fully saturated rings. The van der Waals surface area contributed by atoms with Gasteiger partial charge in [-0.05, 0) is 62.2 Å². The summed E-state index contributed by atoms with van der Waals surface area (Å²) in [5.74, 6) is 1.85. The minimum Gasteiger partial charge on any atom is -0.486 e. The summed E-state index contributed by atoms with van der Waals surface area (Å²) in [6.45, 7) is 6.61. The van der Waals surface area contributed by atoms with Crippen molar-refractivity contribution in [1.29, 1.82) is 0 Å². The Morgan fingerprint density at radius 1 is 1.12 bits per heavy atom. The molecule has 0 aliphatic carbocycles. The second-order valence-corrected chi connectivity index (χ2v) is 6.71. The van der Waals surface area contributed by atoms with Gasteiger partial charge in [0.05, 0.1) is 6.04 Å². The Kier molecular flexibility index (Phi) is 5.57. The van der Waals surface area contributed by atoms with Crippen LogP contribution in [0.15, 0.2) is 36.4 Å². The van der Waals surface area contributed by atoms with Crippen molar-refractivity contribution in [3.05, 3.63) is 52.5 Å². The van der Waals surface area contributed by atoms with Gasteiger partial charge >= 0.3 is 0 Å². The molecule has 0 bridgehead atoms. The van der Waals surface area contributed by atoms with Crippen LogP contribution < -0.4 is 19.5 Å². The Hall–Kier alpha value is -2.40. The van der Waals surface area contributed by atoms with Gasteiger partial charge in [0.1, 0.15) is 19.0 Å². The molecule has 1 aliphatic rings. The fourth-order valence-corrected chi connectivity index (χ4v) is 2.81. The van der Waals surface area contributed by atoms with Crippen LogP contribution >= 0.6 is 11.6 Å². The molecule has 26 heavy (non-hydrogen) atoms. The largest absolute Gasteiger partial charge is 0.486 e. The molecule has 0 aromatic heterocycles. The lowest BCUT2D eigenvalue weighted by molar-refractivity contribution is -0.127. The summed E-state index contributed by atoms with van der Waals surface area (Å²) in [6, 6.07) is 10.8. The Labute approximate surface area is 158 Å². The van der Waals surface area contributed by atoms with E-state index in [-0.39, 0.29) is 11.9 Å². The monoisotopic (exact) mass is 375 g/mol. The van der Waals surface area contributed by atoms with Crippen LogP contribution in [0.4, 0.5) is 0 Å². The Balaban J connectivity index is 1.62. The van der Waals surface area contributed by atoms with Crippen molar-refractivity contribution < 1.29 is 19.0 Å². The molecule has 6 heteroatoms. The van der Waals surface area contributed by atoms with E-state index < -0.39 is 6.10 Å². The third kappa shape index (κ3) is 4.22. The van der Waals surface area contributed by atoms with Crippen molar-refractivity contribution in [1.82, 2.24) is 5.32 Å². The van der Waals surface area contributed by atoms with Crippen molar-refractivity contribution >= 4 is 17.5 Å². The molecule has 0 saturated carbocycles. The fraction of sp³-hybridized carbons (Fsp3) is 0.350. The average Bonchev–Trinajstić information content (AvgIpc) is 2.64. The molecule has 1 aliphatic heterocycles. The molecule has 2 aromatic carbocycles. The van der Waals surface area contributed by atoms with Crippen LogP contribution in [-0.4, -0.2) is 25.2 Å². The molecule has 0 unspecified atom stereocenters. The number of halogens is 1. The molecule has 0 saturated heterocycles. The molecule has 0 radical (unpaired) electrons. The third-order valence-corrected chi connectivity index (χ3v) is 4.66. The lowest BCUT2D eigenvalue weighted by Crippen LogP contribution is -2.37. The van der Waals surface area contributed by atoms with Gasteiger partial charge in [-0.25, -0.2) is 0 Å². The summed E-state index contributed by atoms with van der Waals surface area (Å²) < 4.78 is 16.8. The van der Waals surface area contributed by atoms with E-state index in [2.05, 4.69) is 5.32 Å². The number of ether oxygens (including phenoxy) is 3. The minimum atomic E-state index is -0.629. The predicted octanol–water partition coefficient (Wildman–Crippen LogP) is 4.06. The standard InChI is InChI=1S/C20H22ClNO4/c1-12-10-16(5-6-17(12)21)26-14(3)20(23)22-13(2)15-4-7-18-19(11-15)25-9-8-24-18/h4-7,10-11,13-14H,8-9H2,1-3H3,(H,22,23)/t13-,14+/m1/s1. The van der Waals surface area contributed by atoms with Gasteiger partial charge in [-0.2, -0.15) is 0 Å². The number of hydrogen-bond donors (Lipinski definition) is 1. The number of benzene rings is 2. The normalized spacial score (nSPS) is 15.1. The van der Waals surface area contributed by atoms with E-state index in [9.17, 15) is 4.79 Å². The second kappa shape index (κ2) is 7.87. The van der Waals surface area contributed by atoms with Crippen molar-refractivity contribution in [2.75, 3.05) is 13.2 Å². The Morgan fingerprint density at radius 2 is 1.85 bits per heavy atom. The van der Waals surface area contributed by atoms with Gasteiger partial charge in [-0.1, -0.05) is 17.7 Å². The van der Waals surface area contributed by atoms with Crippen LogP contribution in [0.1, 0.15) is 31.0 Å². The molecule has 2 atom stereocenters. The molecule has 2 aromatic rings. The Bertz CT molecular complexity index is 808. The predicted molar refractivity (Wildman–Crippen MR) is 100 cm³/mol. The SMILES string of the molecule is Cc1cc(O[C@@H](C)C(=O)N[C@H](C)c2ccc3c(c2)OCCO3)ccc1Cl. The first kappa shape index (κ1) is 18.4. The molecule has 138 valence electrons. The van der Waals surface area contributed by atoms with Gasteiger partial charge in [-0.15, -0.1) is 0 Å². The summed E-state index contributed by atoms with van der Waals surface area (Å²) in [5, 5.41) is 3.63. The molecule has 1 N–H and O–H groups in total. The smallest absolute Gasteiger partial charge is 0.261 e. The number of fused-ring (bicyclic) bond motifs is 1. The van der Waals surface area contributed by atoms with Crippen LogP contribution in [0.25, 0.3) is 0 Å². The molecule has 1 amide bonds. The van der Waals surface area contributed by atoms with Gasteiger partial charge in [0, 0.05) is 5.02 Å². The van der Waals surface area contributed by atoms with E-state index in [0.29, 0.717) is 29.7 Å². The van der Waals surface area contributed by atoms with E-state index in [1.165, 1.54) is 0 Å². The quantitative estimate of drug-likeness (QED) is 0.856. The van der Waals surface area contributed by atoms with Gasteiger partial charge in [0.15, 0.2) is 17.6 Å². The minimum absolute atomic E-state index is 0.184. The number of hydrogen-bond acceptors (Lipinski definition) is 4. The van der Waals surface area contributed by atoms with Crippen LogP contribution in [-0.2, 0) is 4.79 Å². The topological polar surface area (TPSA) is 56.8 Å². The average molecular weight is 376 g/mol. The highest BCUT2D eigenvalue weighted by atomic mass is 35.5. The first-order chi connectivity index (χ1) is 12.4. The maximum atomic E-state index is 12.5. The van der Waals surface area contributed by atoms with Gasteiger partial charge in [-0.3, -0.25) is 4.79 Å². The van der Waals surface area contributed by atoms with Crippen molar-refractivity contribution in [2.24, 2.45) is 0 Å². The lowest BCUT2D eigenvalue weighted by Gasteiger charge is -2.22. The van der Waals surface area contributed by atoms with Gasteiger partial charge in [0.25, 0.3) is 5.91 Å². The number of rotatable bonds is 5. The third-order valence-electron chi connectivity index (χ3n) is 4.24. The number of carbonyl (C=O) groups excluding carboxylic acids is 1. The number of aryl methyl sites for hydroxylation is 1. The number of nitrogens with one attached hydrogen (secondary N) is 1. The molecule has 3 rings (SSSR count). The van der Waals surface area contributed by atoms with Crippen molar-refractivity contribution in [3.63, 3.8) is 0 Å². The van der Waals surface area contributed by atoms with E-state index >= 15 is 0 Å². The zero-order valence-electron chi connectivity index (χ0n) is 15.0. The first-order valence-corrected chi connectivity index (χ1v) is 8.94. The van der Waals surface area contributed by atoms with E-state index in [4.69, 9.17) is 25.8 Å². The zero-order chi connectivity index (χ0) is 18.7. The fourth-order valence-electron chi connectivity index (χ4n) is 2.69. The summed E-state index contributed by atoms with van der Waals surface area (Å²) in [4.78, 5) is 12.5. The number of amides is 1. The van der Waals surface area contributed by atoms with Gasteiger partial charge < -0.3 is 19.5 Å². The van der Waals surface area contributed by atoms with Crippen LogP contribution in [0, 0.1) is 6.92 Å². The summed E-state index contributed by atoms with van der Waals surface area (Å²) in [6.07, 6.45) is -0.629. The first-order valence-electron chi connectivity index (χ1n) is 8.57. The molecule has 1 heterocycles. The maximum Gasteiger partial charge on any atom is 0.261 e. The highest BCUT2D eigenvalue weighted by Gasteiger charge is 2.20. The van der Waals surface area contributed by atoms with Crippen LogP contribution in [0.5, 0.6) is 17.2 Å². The maximum absolute atomic E-state index is 12.5. The van der Waals surface area contributed by atoms with E-state index in [1.807, 2.05) is 38.1 Å². The van der Waals surface area contributed by atoms with Gasteiger partial charge in [0.2, 0.25) is 0 Å². The second-order valence-electron chi connectivity index (χ2n) is 6.30. The number of carbonyl (C=O) groups is 1.